The van der Waals surface area contributed by atoms with Crippen molar-refractivity contribution in [1.29, 1.82) is 0 Å². The van der Waals surface area contributed by atoms with Gasteiger partial charge in [-0.2, -0.15) is 0 Å². The number of amides is 1. The van der Waals surface area contributed by atoms with Gasteiger partial charge in [0, 0.05) is 37.1 Å². The van der Waals surface area contributed by atoms with E-state index in [-0.39, 0.29) is 11.9 Å². The number of rotatable bonds is 4. The van der Waals surface area contributed by atoms with E-state index in [9.17, 15) is 4.79 Å². The molecule has 1 aromatic heterocycles. The molecule has 126 valence electrons. The highest BCUT2D eigenvalue weighted by molar-refractivity contribution is 5.92. The Labute approximate surface area is 142 Å². The molecule has 0 saturated heterocycles. The fraction of sp³-hybridized carbons (Fsp3) is 0.316. The van der Waals surface area contributed by atoms with E-state index in [0.717, 1.165) is 12.1 Å². The van der Waals surface area contributed by atoms with E-state index >= 15 is 0 Å². The fourth-order valence-electron chi connectivity index (χ4n) is 3.07. The Morgan fingerprint density at radius 1 is 1.17 bits per heavy atom. The summed E-state index contributed by atoms with van der Waals surface area (Å²) in [6.45, 7) is 3.61. The minimum atomic E-state index is 0.0109. The first-order valence-electron chi connectivity index (χ1n) is 7.99. The van der Waals surface area contributed by atoms with Crippen molar-refractivity contribution in [3.05, 3.63) is 53.9 Å². The van der Waals surface area contributed by atoms with E-state index in [1.807, 2.05) is 23.1 Å². The topological polar surface area (TPSA) is 43.7 Å². The molecule has 5 nitrogen and oxygen atoms in total. The number of nitrogens with zero attached hydrogens (tertiary/aromatic N) is 2. The lowest BCUT2D eigenvalue weighted by Gasteiger charge is -2.34. The van der Waals surface area contributed by atoms with Gasteiger partial charge in [-0.3, -0.25) is 4.79 Å². The molecule has 1 aromatic carbocycles. The molecular formula is C19H22N2O3. The third kappa shape index (κ3) is 3.15. The van der Waals surface area contributed by atoms with Crippen LogP contribution in [0.4, 0.5) is 0 Å². The van der Waals surface area contributed by atoms with Gasteiger partial charge in [0.05, 0.1) is 20.3 Å². The maximum atomic E-state index is 12.6. The molecule has 0 bridgehead atoms. The smallest absolute Gasteiger partial charge is 0.247 e. The van der Waals surface area contributed by atoms with E-state index in [1.165, 1.54) is 5.69 Å². The van der Waals surface area contributed by atoms with Crippen LogP contribution in [0.5, 0.6) is 11.5 Å². The number of methoxy groups -OCH3 is 2. The van der Waals surface area contributed by atoms with Crippen molar-refractivity contribution in [2.75, 3.05) is 20.8 Å². The second-order valence-corrected chi connectivity index (χ2v) is 5.81. The van der Waals surface area contributed by atoms with Crippen LogP contribution in [0.2, 0.25) is 0 Å². The van der Waals surface area contributed by atoms with E-state index in [1.54, 1.807) is 32.4 Å². The van der Waals surface area contributed by atoms with Crippen molar-refractivity contribution in [1.82, 2.24) is 9.47 Å². The summed E-state index contributed by atoms with van der Waals surface area (Å²) in [7, 11) is 3.22. The van der Waals surface area contributed by atoms with E-state index < -0.39 is 0 Å². The van der Waals surface area contributed by atoms with Crippen LogP contribution in [0.15, 0.2) is 42.6 Å². The van der Waals surface area contributed by atoms with Crippen LogP contribution in [0.25, 0.3) is 6.08 Å². The predicted molar refractivity (Wildman–Crippen MR) is 93.1 cm³/mol. The van der Waals surface area contributed by atoms with Crippen LogP contribution in [-0.4, -0.2) is 36.1 Å². The number of benzene rings is 1. The molecule has 1 atom stereocenters. The summed E-state index contributed by atoms with van der Waals surface area (Å²) in [5, 5.41) is 0. The van der Waals surface area contributed by atoms with Crippen LogP contribution in [0.3, 0.4) is 0 Å². The summed E-state index contributed by atoms with van der Waals surface area (Å²) in [5.74, 6) is 1.41. The SMILES string of the molecule is COc1cc(/C=C/C(=O)N2CCn3cccc3C2C)cc(OC)c1. The average Bonchev–Trinajstić information content (AvgIpc) is 3.09. The molecule has 1 unspecified atom stereocenters. The minimum absolute atomic E-state index is 0.0109. The zero-order valence-corrected chi connectivity index (χ0v) is 14.2. The van der Waals surface area contributed by atoms with Gasteiger partial charge < -0.3 is 18.9 Å². The number of ether oxygens (including phenoxy) is 2. The van der Waals surface area contributed by atoms with Gasteiger partial charge in [-0.25, -0.2) is 0 Å². The van der Waals surface area contributed by atoms with Crippen LogP contribution >= 0.6 is 0 Å². The molecule has 1 aliphatic rings. The highest BCUT2D eigenvalue weighted by atomic mass is 16.5. The van der Waals surface area contributed by atoms with Crippen molar-refractivity contribution in [2.45, 2.75) is 19.5 Å². The number of carbonyl (C=O) groups is 1. The Hall–Kier alpha value is -2.69. The summed E-state index contributed by atoms with van der Waals surface area (Å²) >= 11 is 0. The predicted octanol–water partition coefficient (Wildman–Crippen LogP) is 3.12. The maximum absolute atomic E-state index is 12.6. The van der Waals surface area contributed by atoms with Crippen molar-refractivity contribution in [2.24, 2.45) is 0 Å². The Kier molecular flexibility index (Phi) is 4.60. The molecule has 0 spiro atoms. The van der Waals surface area contributed by atoms with Gasteiger partial charge in [0.25, 0.3) is 0 Å². The summed E-state index contributed by atoms with van der Waals surface area (Å²) in [4.78, 5) is 14.5. The molecule has 0 fully saturated rings. The first kappa shape index (κ1) is 16.2. The largest absolute Gasteiger partial charge is 0.497 e. The Bertz CT molecular complexity index is 741. The van der Waals surface area contributed by atoms with Gasteiger partial charge in [-0.05, 0) is 42.8 Å². The molecular weight excluding hydrogens is 304 g/mol. The highest BCUT2D eigenvalue weighted by Crippen LogP contribution is 2.26. The van der Waals surface area contributed by atoms with Gasteiger partial charge in [0.1, 0.15) is 11.5 Å². The number of aromatic nitrogens is 1. The van der Waals surface area contributed by atoms with Gasteiger partial charge >= 0.3 is 0 Å². The van der Waals surface area contributed by atoms with E-state index in [0.29, 0.717) is 18.0 Å². The monoisotopic (exact) mass is 326 g/mol. The molecule has 0 aliphatic carbocycles. The number of carbonyl (C=O) groups excluding carboxylic acids is 1. The Morgan fingerprint density at radius 2 is 1.88 bits per heavy atom. The number of hydrogen-bond donors (Lipinski definition) is 0. The first-order valence-corrected chi connectivity index (χ1v) is 7.99. The van der Waals surface area contributed by atoms with Gasteiger partial charge in [-0.15, -0.1) is 0 Å². The maximum Gasteiger partial charge on any atom is 0.247 e. The van der Waals surface area contributed by atoms with Crippen molar-refractivity contribution >= 4 is 12.0 Å². The molecule has 0 N–H and O–H groups in total. The zero-order chi connectivity index (χ0) is 17.1. The first-order chi connectivity index (χ1) is 11.6. The molecule has 3 rings (SSSR count). The molecule has 2 heterocycles. The van der Waals surface area contributed by atoms with E-state index in [4.69, 9.17) is 9.47 Å². The second kappa shape index (κ2) is 6.83. The van der Waals surface area contributed by atoms with Gasteiger partial charge in [0.15, 0.2) is 0 Å². The summed E-state index contributed by atoms with van der Waals surface area (Å²) < 4.78 is 12.7. The second-order valence-electron chi connectivity index (χ2n) is 5.81. The van der Waals surface area contributed by atoms with Crippen molar-refractivity contribution in [3.63, 3.8) is 0 Å². The van der Waals surface area contributed by atoms with Crippen molar-refractivity contribution in [3.8, 4) is 11.5 Å². The van der Waals surface area contributed by atoms with Crippen LogP contribution < -0.4 is 9.47 Å². The van der Waals surface area contributed by atoms with E-state index in [2.05, 4.69) is 23.8 Å². The molecule has 0 radical (unpaired) electrons. The highest BCUT2D eigenvalue weighted by Gasteiger charge is 2.25. The Balaban J connectivity index is 1.76. The lowest BCUT2D eigenvalue weighted by molar-refractivity contribution is -0.129. The van der Waals surface area contributed by atoms with Crippen LogP contribution in [0, 0.1) is 0 Å². The lowest BCUT2D eigenvalue weighted by atomic mass is 10.1. The fourth-order valence-corrected chi connectivity index (χ4v) is 3.07. The molecule has 2 aromatic rings. The summed E-state index contributed by atoms with van der Waals surface area (Å²) in [5.41, 5.74) is 2.04. The summed E-state index contributed by atoms with van der Waals surface area (Å²) in [6, 6.07) is 9.72. The van der Waals surface area contributed by atoms with Gasteiger partial charge in [-0.1, -0.05) is 0 Å². The average molecular weight is 326 g/mol. The van der Waals surface area contributed by atoms with Crippen LogP contribution in [0.1, 0.15) is 24.2 Å². The number of fused-ring (bicyclic) bond motifs is 1. The molecule has 0 saturated carbocycles. The van der Waals surface area contributed by atoms with Crippen molar-refractivity contribution < 1.29 is 14.3 Å². The third-order valence-corrected chi connectivity index (χ3v) is 4.42. The summed E-state index contributed by atoms with van der Waals surface area (Å²) in [6.07, 6.45) is 5.48. The normalized spacial score (nSPS) is 17.0. The quantitative estimate of drug-likeness (QED) is 0.811. The lowest BCUT2D eigenvalue weighted by Crippen LogP contribution is -2.39. The van der Waals surface area contributed by atoms with Gasteiger partial charge in [0.2, 0.25) is 5.91 Å². The Morgan fingerprint density at radius 3 is 2.54 bits per heavy atom. The zero-order valence-electron chi connectivity index (χ0n) is 14.2. The van der Waals surface area contributed by atoms with Crippen LogP contribution in [-0.2, 0) is 11.3 Å². The molecule has 1 amide bonds. The standard InChI is InChI=1S/C19H22N2O3/c1-14-18-5-4-8-20(18)9-10-21(14)19(22)7-6-15-11-16(23-2)13-17(12-15)24-3/h4-8,11-14H,9-10H2,1-3H3/b7-6+. The molecule has 24 heavy (non-hydrogen) atoms. The molecule has 1 aliphatic heterocycles. The molecule has 5 heteroatoms. The third-order valence-electron chi connectivity index (χ3n) is 4.42. The number of hydrogen-bond acceptors (Lipinski definition) is 3. The minimum Gasteiger partial charge on any atom is -0.497 e.